The number of hydrogen-bond donors (Lipinski definition) is 1. The van der Waals surface area contributed by atoms with Crippen molar-refractivity contribution < 1.29 is 22.7 Å². The van der Waals surface area contributed by atoms with Crippen LogP contribution >= 0.6 is 32.4 Å². The number of aromatic nitrogens is 2. The molecule has 0 amide bonds. The molecule has 1 saturated heterocycles. The first-order valence-electron chi connectivity index (χ1n) is 13.9. The van der Waals surface area contributed by atoms with Gasteiger partial charge in [-0.1, -0.05) is 80.8 Å². The highest BCUT2D eigenvalue weighted by atomic mass is 35.5. The van der Waals surface area contributed by atoms with Gasteiger partial charge in [-0.25, -0.2) is 4.39 Å². The van der Waals surface area contributed by atoms with E-state index in [1.807, 2.05) is 75.3 Å². The molecule has 3 atom stereocenters. The van der Waals surface area contributed by atoms with E-state index in [2.05, 4.69) is 4.98 Å². The number of ether oxygens (including phenoxy) is 1. The van der Waals surface area contributed by atoms with Gasteiger partial charge in [0.25, 0.3) is 5.56 Å². The fourth-order valence-corrected chi connectivity index (χ4v) is 5.84. The van der Waals surface area contributed by atoms with Gasteiger partial charge in [0.2, 0.25) is 0 Å². The zero-order valence-electron chi connectivity index (χ0n) is 25.7. The summed E-state index contributed by atoms with van der Waals surface area (Å²) < 4.78 is 41.0. The van der Waals surface area contributed by atoms with Gasteiger partial charge >= 0.3 is 8.60 Å². The van der Waals surface area contributed by atoms with Gasteiger partial charge in [0.1, 0.15) is 38.5 Å². The lowest BCUT2D eigenvalue weighted by atomic mass is 9.61. The van der Waals surface area contributed by atoms with E-state index in [1.54, 1.807) is 0 Å². The summed E-state index contributed by atoms with van der Waals surface area (Å²) in [5.74, 6) is 0.0424. The van der Waals surface area contributed by atoms with Crippen LogP contribution < -0.4 is 10.1 Å². The summed E-state index contributed by atoms with van der Waals surface area (Å²) in [6.45, 7) is 19.9. The summed E-state index contributed by atoms with van der Waals surface area (Å²) in [5, 5.41) is -1.80. The van der Waals surface area contributed by atoms with Crippen LogP contribution in [-0.2, 0) is 31.2 Å². The quantitative estimate of drug-likeness (QED) is 0.212. The van der Waals surface area contributed by atoms with Crippen molar-refractivity contribution in [2.45, 2.75) is 117 Å². The smallest absolute Gasteiger partial charge is 0.396 e. The van der Waals surface area contributed by atoms with Crippen LogP contribution in [0, 0.1) is 10.6 Å². The van der Waals surface area contributed by atoms with E-state index >= 15 is 4.39 Å². The molecule has 41 heavy (non-hydrogen) atoms. The highest BCUT2D eigenvalue weighted by Crippen LogP contribution is 2.54. The Morgan fingerprint density at radius 1 is 1.10 bits per heavy atom. The summed E-state index contributed by atoms with van der Waals surface area (Å²) in [7, 11) is 10.6. The maximum absolute atomic E-state index is 15.5. The molecule has 2 aromatic rings. The summed E-state index contributed by atoms with van der Waals surface area (Å²) >= 11 is 11.2. The second-order valence-corrected chi connectivity index (χ2v) is 13.3. The van der Waals surface area contributed by atoms with Gasteiger partial charge in [0.15, 0.2) is 4.77 Å². The van der Waals surface area contributed by atoms with Gasteiger partial charge in [-0.2, -0.15) is 0 Å². The van der Waals surface area contributed by atoms with Crippen molar-refractivity contribution >= 4 is 48.1 Å². The first-order valence-corrected chi connectivity index (χ1v) is 15.8. The molecular weight excluding hydrogens is 583 g/mol. The topological polar surface area (TPSA) is 74.7 Å². The SMILES string of the molecule is CC.CC.[B]C([B])(OP1OCc2c(F)c(C(C)(C)C)cc(C(C)(C)C)c2O1)C1CCC(n2cc(Cl)c(=O)[nH]c2=S)O1. The molecule has 1 aromatic heterocycles. The Kier molecular flexibility index (Phi) is 12.3. The highest BCUT2D eigenvalue weighted by Gasteiger charge is 2.43. The minimum absolute atomic E-state index is 0.0220. The van der Waals surface area contributed by atoms with Crippen LogP contribution in [0.4, 0.5) is 4.39 Å². The Morgan fingerprint density at radius 3 is 2.24 bits per heavy atom. The largest absolute Gasteiger partial charge is 0.426 e. The third-order valence-corrected chi connectivity index (χ3v) is 8.09. The Bertz CT molecular complexity index is 1330. The fraction of sp³-hybridized carbons (Fsp3) is 0.643. The summed E-state index contributed by atoms with van der Waals surface area (Å²) in [6.07, 6.45) is 1.04. The van der Waals surface area contributed by atoms with Gasteiger partial charge in [-0.15, -0.1) is 0 Å². The van der Waals surface area contributed by atoms with E-state index in [9.17, 15) is 4.79 Å². The van der Waals surface area contributed by atoms with E-state index in [0.717, 1.165) is 5.56 Å². The van der Waals surface area contributed by atoms with Crippen molar-refractivity contribution in [2.75, 3.05) is 0 Å². The van der Waals surface area contributed by atoms with Crippen LogP contribution in [0.15, 0.2) is 17.1 Å². The molecule has 3 heterocycles. The Morgan fingerprint density at radius 2 is 1.68 bits per heavy atom. The molecule has 224 valence electrons. The zero-order valence-corrected chi connectivity index (χ0v) is 28.2. The molecule has 7 nitrogen and oxygen atoms in total. The van der Waals surface area contributed by atoms with E-state index in [1.165, 1.54) is 10.8 Å². The molecule has 0 saturated carbocycles. The van der Waals surface area contributed by atoms with Crippen molar-refractivity contribution in [3.63, 3.8) is 0 Å². The normalized spacial score (nSPS) is 20.6. The molecule has 4 rings (SSSR count). The molecule has 0 spiro atoms. The van der Waals surface area contributed by atoms with Crippen molar-refractivity contribution in [1.82, 2.24) is 9.55 Å². The van der Waals surface area contributed by atoms with Gasteiger partial charge in [-0.05, 0) is 47.5 Å². The van der Waals surface area contributed by atoms with Crippen LogP contribution in [0.25, 0.3) is 0 Å². The molecule has 3 unspecified atom stereocenters. The molecule has 1 N–H and O–H groups in total. The maximum Gasteiger partial charge on any atom is 0.396 e. The van der Waals surface area contributed by atoms with E-state index in [0.29, 0.717) is 29.7 Å². The zero-order chi connectivity index (χ0) is 31.5. The molecule has 2 aliphatic heterocycles. The maximum atomic E-state index is 15.5. The standard InChI is InChI=1S/C24H29B2ClFN2O5PS.2C2H6/c1-22(2,3)13-9-14(23(4,5)6)19-12(18(13)28)11-32-36(34-19)35-24(25,26)16-7-8-17(33-16)30-10-15(27)20(31)29-21(30)37;2*1-2/h9-10,16-17H,7-8,11H2,1-6H3,(H,29,31,37);2*1-2H3. The third-order valence-electron chi connectivity index (χ3n) is 6.37. The summed E-state index contributed by atoms with van der Waals surface area (Å²) in [5.41, 5.74) is 0.557. The third kappa shape index (κ3) is 8.24. The lowest BCUT2D eigenvalue weighted by molar-refractivity contribution is -0.0462. The number of halogens is 2. The van der Waals surface area contributed by atoms with Crippen LogP contribution in [0.1, 0.15) is 105 Å². The molecule has 1 aromatic carbocycles. The predicted molar refractivity (Wildman–Crippen MR) is 168 cm³/mol. The monoisotopic (exact) mass is 624 g/mol. The minimum Gasteiger partial charge on any atom is -0.426 e. The highest BCUT2D eigenvalue weighted by molar-refractivity contribution is 7.71. The Labute approximate surface area is 257 Å². The van der Waals surface area contributed by atoms with Gasteiger partial charge in [0.05, 0.1) is 18.3 Å². The second kappa shape index (κ2) is 14.0. The number of rotatable bonds is 4. The van der Waals surface area contributed by atoms with Gasteiger partial charge in [-0.3, -0.25) is 18.9 Å². The van der Waals surface area contributed by atoms with Crippen molar-refractivity contribution in [1.29, 1.82) is 0 Å². The summed E-state index contributed by atoms with van der Waals surface area (Å²) in [4.78, 5) is 14.2. The lowest BCUT2D eigenvalue weighted by Crippen LogP contribution is -2.45. The predicted octanol–water partition coefficient (Wildman–Crippen LogP) is 7.87. The van der Waals surface area contributed by atoms with Crippen molar-refractivity contribution in [3.8, 4) is 5.75 Å². The number of aromatic amines is 1. The Balaban J connectivity index is 0.00000141. The lowest BCUT2D eigenvalue weighted by Gasteiger charge is -2.38. The molecule has 1 fully saturated rings. The number of benzene rings is 1. The van der Waals surface area contributed by atoms with E-state index < -0.39 is 37.3 Å². The number of nitrogens with one attached hydrogen (secondary N) is 1. The Hall–Kier alpha value is -1.22. The first-order chi connectivity index (χ1) is 19.0. The van der Waals surface area contributed by atoms with Crippen LogP contribution in [0.2, 0.25) is 5.02 Å². The minimum atomic E-state index is -2.05. The molecular formula is C28H41B2ClFN2O5PS. The average Bonchev–Trinajstić information content (AvgIpc) is 3.38. The number of fused-ring (bicyclic) bond motifs is 1. The number of nitrogens with zero attached hydrogens (tertiary/aromatic N) is 1. The fourth-order valence-electron chi connectivity index (χ4n) is 4.32. The first kappa shape index (κ1) is 36.0. The number of hydrogen-bond acceptors (Lipinski definition) is 6. The second-order valence-electron chi connectivity index (χ2n) is 11.4. The molecule has 13 heteroatoms. The van der Waals surface area contributed by atoms with E-state index in [4.69, 9.17) is 57.8 Å². The molecule has 0 bridgehead atoms. The number of H-pyrrole nitrogens is 1. The van der Waals surface area contributed by atoms with Crippen LogP contribution in [0.5, 0.6) is 5.75 Å². The van der Waals surface area contributed by atoms with Crippen LogP contribution in [0.3, 0.4) is 0 Å². The van der Waals surface area contributed by atoms with Crippen molar-refractivity contribution in [3.05, 3.63) is 54.9 Å². The van der Waals surface area contributed by atoms with E-state index in [-0.39, 0.29) is 27.6 Å². The average molecular weight is 625 g/mol. The van der Waals surface area contributed by atoms with Crippen LogP contribution in [-0.4, -0.2) is 36.7 Å². The molecule has 0 aliphatic carbocycles. The molecule has 4 radical (unpaired) electrons. The summed E-state index contributed by atoms with van der Waals surface area (Å²) in [6, 6.07) is 1.86. The molecule has 2 aliphatic rings. The van der Waals surface area contributed by atoms with Crippen molar-refractivity contribution in [2.24, 2.45) is 0 Å². The van der Waals surface area contributed by atoms with Gasteiger partial charge < -0.3 is 13.8 Å². The van der Waals surface area contributed by atoms with Gasteiger partial charge in [0, 0.05) is 17.2 Å².